The molecular formula is C20H34CoN8O14+4. The molecule has 0 saturated carbocycles. The van der Waals surface area contributed by atoms with E-state index in [1.165, 1.54) is 12.4 Å². The third kappa shape index (κ3) is 24.0. The Kier molecular flexibility index (Phi) is 35.0. The summed E-state index contributed by atoms with van der Waals surface area (Å²) in [5.41, 5.74) is 7.86. The van der Waals surface area contributed by atoms with Gasteiger partial charge in [0, 0.05) is 36.9 Å². The zero-order chi connectivity index (χ0) is 27.1. The number of nitrogens with two attached hydrogens (primary N) is 2. The van der Waals surface area contributed by atoms with Gasteiger partial charge in [-0.15, -0.1) is 0 Å². The summed E-state index contributed by atoms with van der Waals surface area (Å²) >= 11 is 0. The Hall–Kier alpha value is -5.53. The van der Waals surface area contributed by atoms with Crippen molar-refractivity contribution >= 4 is 11.8 Å². The van der Waals surface area contributed by atoms with Crippen molar-refractivity contribution in [3.05, 3.63) is 114 Å². The van der Waals surface area contributed by atoms with Gasteiger partial charge in [0.25, 0.3) is 11.1 Å². The summed E-state index contributed by atoms with van der Waals surface area (Å²) in [5.74, 6) is -2.24. The van der Waals surface area contributed by atoms with Gasteiger partial charge in [-0.2, -0.15) is 0 Å². The molecule has 0 saturated heterocycles. The molecule has 0 spiro atoms. The van der Waals surface area contributed by atoms with Crippen molar-refractivity contribution in [2.45, 2.75) is 0 Å². The van der Waals surface area contributed by atoms with E-state index in [0.29, 0.717) is 11.1 Å². The molecule has 0 aliphatic carbocycles. The molecule has 0 bridgehead atoms. The number of rotatable bonds is 2. The van der Waals surface area contributed by atoms with Gasteiger partial charge in [0.2, 0.25) is 11.8 Å². The van der Waals surface area contributed by atoms with Crippen molar-refractivity contribution in [3.8, 4) is 11.8 Å². The molecule has 4 aromatic rings. The zero-order valence-corrected chi connectivity index (χ0v) is 22.8. The van der Waals surface area contributed by atoms with Gasteiger partial charge in [-0.05, 0) is 36.0 Å². The van der Waals surface area contributed by atoms with Crippen LogP contribution in [0.1, 0.15) is 20.7 Å². The largest absolute Gasteiger partial charge is 2.00 e. The van der Waals surface area contributed by atoms with Gasteiger partial charge in [-0.3, -0.25) is 39.1 Å². The number of hydrogen-bond acceptors (Lipinski definition) is 10. The molecule has 0 atom stereocenters. The number of nitrogens with one attached hydrogen (secondary N) is 4. The van der Waals surface area contributed by atoms with Crippen LogP contribution in [0, 0.1) is 0 Å². The molecule has 4 rings (SSSR count). The monoisotopic (exact) mass is 669 g/mol. The van der Waals surface area contributed by atoms with E-state index in [2.05, 4.69) is 9.97 Å². The van der Waals surface area contributed by atoms with Crippen molar-refractivity contribution in [2.24, 2.45) is 11.5 Å². The quantitative estimate of drug-likeness (QED) is 0.109. The van der Waals surface area contributed by atoms with Crippen LogP contribution in [0.15, 0.2) is 80.4 Å². The van der Waals surface area contributed by atoms with Crippen LogP contribution in [0.4, 0.5) is 0 Å². The molecule has 0 aliphatic heterocycles. The molecule has 0 aliphatic rings. The van der Waals surface area contributed by atoms with E-state index < -0.39 is 46.1 Å². The number of H-pyrrole nitrogens is 4. The molecule has 243 valence electrons. The Morgan fingerprint density at radius 1 is 0.628 bits per heavy atom. The molecule has 4 aromatic heterocycles. The second-order valence-corrected chi connectivity index (χ2v) is 6.12. The van der Waals surface area contributed by atoms with E-state index in [1.807, 2.05) is 19.9 Å². The first-order valence-corrected chi connectivity index (χ1v) is 9.39. The summed E-state index contributed by atoms with van der Waals surface area (Å²) in [6, 6.07) is 8.10. The summed E-state index contributed by atoms with van der Waals surface area (Å²) in [6.07, 6.45) is 6.05. The van der Waals surface area contributed by atoms with Crippen LogP contribution in [-0.4, -0.2) is 52.7 Å². The van der Waals surface area contributed by atoms with Crippen LogP contribution in [0.5, 0.6) is 11.8 Å². The number of hydrogen-bond donors (Lipinski definition) is 6. The van der Waals surface area contributed by atoms with Gasteiger partial charge in [-0.25, -0.2) is 9.59 Å². The molecule has 0 unspecified atom stereocenters. The maximum Gasteiger partial charge on any atom is 2.00 e. The number of amides is 2. The molecule has 22 nitrogen and oxygen atoms in total. The van der Waals surface area contributed by atoms with E-state index in [-0.39, 0.29) is 49.6 Å². The number of carbonyl (C=O) groups is 2. The van der Waals surface area contributed by atoms with Gasteiger partial charge in [0.05, 0.1) is 11.1 Å². The fourth-order valence-corrected chi connectivity index (χ4v) is 1.91. The molecule has 43 heavy (non-hydrogen) atoms. The third-order valence-corrected chi connectivity index (χ3v) is 3.36. The van der Waals surface area contributed by atoms with Crippen LogP contribution < -0.4 is 44.2 Å². The topological polar surface area (TPSA) is 485 Å². The Morgan fingerprint density at radius 3 is 1.09 bits per heavy atom. The Labute approximate surface area is 248 Å². The summed E-state index contributed by atoms with van der Waals surface area (Å²) in [4.78, 5) is 76.4. The molecule has 1 radical (unpaired) electrons. The zero-order valence-electron chi connectivity index (χ0n) is 21.7. The van der Waals surface area contributed by atoms with Gasteiger partial charge < -0.3 is 64.5 Å². The number of pyridine rings is 2. The SMILES string of the molecule is NC(=O)c1cccnc1.NC(=O)c1cccnc1.O.O.O=c1cc([O-])[nH]c(=O)[nH]1.O=c1cc([O-])[nH]c(=O)[nH]1.[Co+2].[OH3+].[OH3+].[OH3+].[OH3+]. The first-order valence-electron chi connectivity index (χ1n) is 9.39. The summed E-state index contributed by atoms with van der Waals surface area (Å²) < 4.78 is 0. The van der Waals surface area contributed by atoms with Crippen LogP contribution in [0.2, 0.25) is 0 Å². The van der Waals surface area contributed by atoms with Crippen LogP contribution in [-0.2, 0) is 38.7 Å². The van der Waals surface area contributed by atoms with Crippen molar-refractivity contribution in [1.82, 2.24) is 29.9 Å². The fraction of sp³-hybridized carbons (Fsp3) is 0. The second kappa shape index (κ2) is 28.0. The first-order chi connectivity index (χ1) is 17.0. The molecule has 23 heteroatoms. The molecule has 0 aromatic carbocycles. The predicted octanol–water partition coefficient (Wildman–Crippen LogP) is -8.70. The minimum atomic E-state index is -0.771. The molecule has 0 fully saturated rings. The van der Waals surface area contributed by atoms with Crippen LogP contribution >= 0.6 is 0 Å². The normalized spacial score (nSPS) is 7.63. The predicted molar refractivity (Wildman–Crippen MR) is 146 cm³/mol. The van der Waals surface area contributed by atoms with E-state index in [1.54, 1.807) is 36.7 Å². The molecular weight excluding hydrogens is 635 g/mol. The molecule has 2 amide bonds. The minimum Gasteiger partial charge on any atom is -0.860 e. The summed E-state index contributed by atoms with van der Waals surface area (Å²) in [6.45, 7) is 0. The molecule has 24 N–H and O–H groups in total. The Morgan fingerprint density at radius 2 is 0.930 bits per heavy atom. The van der Waals surface area contributed by atoms with Crippen LogP contribution in [0.3, 0.4) is 0 Å². The van der Waals surface area contributed by atoms with Gasteiger partial charge in [0.15, 0.2) is 0 Å². The van der Waals surface area contributed by atoms with Crippen molar-refractivity contribution < 1.29 is 69.4 Å². The number of aromatic nitrogens is 6. The fourth-order valence-electron chi connectivity index (χ4n) is 1.91. The maximum absolute atomic E-state index is 10.4. The number of nitrogens with zero attached hydrogens (tertiary/aromatic N) is 2. The third-order valence-electron chi connectivity index (χ3n) is 3.36. The van der Waals surface area contributed by atoms with E-state index in [9.17, 15) is 39.0 Å². The first kappa shape index (κ1) is 53.7. The van der Waals surface area contributed by atoms with E-state index in [0.717, 1.165) is 12.1 Å². The van der Waals surface area contributed by atoms with Crippen molar-refractivity contribution in [2.75, 3.05) is 0 Å². The van der Waals surface area contributed by atoms with Crippen molar-refractivity contribution in [1.29, 1.82) is 0 Å². The van der Waals surface area contributed by atoms with Gasteiger partial charge >= 0.3 is 28.2 Å². The number of carbonyl (C=O) groups excluding carboxylic acids is 2. The standard InChI is InChI=1S/2C6H6N2O.2C4H4N2O3.Co.6H2O/c2*7-6(9)5-2-1-3-8-4-5;2*7-2-1-3(8)6-4(9)5-2;;;;;;;/h2*1-4H,(H2,7,9);2*1H,(H3,5,6,7,8,9);;6*1H2/q;;;;+2;;;;;;/p+2. The molecule has 4 heterocycles. The van der Waals surface area contributed by atoms with E-state index >= 15 is 0 Å². The van der Waals surface area contributed by atoms with Crippen LogP contribution in [0.25, 0.3) is 0 Å². The van der Waals surface area contributed by atoms with Gasteiger partial charge in [0.1, 0.15) is 0 Å². The smallest absolute Gasteiger partial charge is 0.860 e. The second-order valence-electron chi connectivity index (χ2n) is 6.12. The average molecular weight is 669 g/mol. The maximum atomic E-state index is 10.4. The van der Waals surface area contributed by atoms with Crippen molar-refractivity contribution in [3.63, 3.8) is 0 Å². The minimum absolute atomic E-state index is 0. The summed E-state index contributed by atoms with van der Waals surface area (Å²) in [7, 11) is 0. The number of primary amides is 2. The average Bonchev–Trinajstić information content (AvgIpc) is 2.80. The number of aromatic amines is 4. The summed E-state index contributed by atoms with van der Waals surface area (Å²) in [5, 5.41) is 20.5. The van der Waals surface area contributed by atoms with Gasteiger partial charge in [-0.1, -0.05) is 0 Å². The Bertz CT molecular complexity index is 1340. The Balaban J connectivity index is -0.0000000762. The van der Waals surface area contributed by atoms with E-state index in [4.69, 9.17) is 11.5 Å².